The van der Waals surface area contributed by atoms with E-state index in [0.717, 1.165) is 25.0 Å². The van der Waals surface area contributed by atoms with Crippen LogP contribution in [-0.2, 0) is 15.7 Å². The van der Waals surface area contributed by atoms with Gasteiger partial charge in [0.2, 0.25) is 5.78 Å². The second-order valence-electron chi connectivity index (χ2n) is 6.47. The molecule has 0 saturated heterocycles. The second-order valence-corrected chi connectivity index (χ2v) is 6.47. The summed E-state index contributed by atoms with van der Waals surface area (Å²) in [6.45, 7) is 3.01. The van der Waals surface area contributed by atoms with Crippen molar-refractivity contribution in [1.29, 1.82) is 0 Å². The molecule has 0 bridgehead atoms. The summed E-state index contributed by atoms with van der Waals surface area (Å²) in [4.78, 5) is 23.9. The Morgan fingerprint density at radius 2 is 1.88 bits per heavy atom. The third-order valence-corrected chi connectivity index (χ3v) is 4.42. The van der Waals surface area contributed by atoms with Crippen LogP contribution in [0.2, 0.25) is 0 Å². The Morgan fingerprint density at radius 3 is 2.50 bits per heavy atom. The summed E-state index contributed by atoms with van der Waals surface area (Å²) >= 11 is 0. The molecular formula is C19H18F3NO3. The van der Waals surface area contributed by atoms with Gasteiger partial charge in [0.15, 0.2) is 6.61 Å². The molecule has 7 heteroatoms. The van der Waals surface area contributed by atoms with E-state index in [1.165, 1.54) is 6.07 Å². The van der Waals surface area contributed by atoms with Crippen LogP contribution in [0.25, 0.3) is 5.69 Å². The largest absolute Gasteiger partial charge is 0.457 e. The molecule has 1 aliphatic rings. The first-order chi connectivity index (χ1) is 12.2. The minimum Gasteiger partial charge on any atom is -0.457 e. The van der Waals surface area contributed by atoms with E-state index in [4.69, 9.17) is 4.74 Å². The van der Waals surface area contributed by atoms with Crippen LogP contribution in [0.1, 0.15) is 40.2 Å². The summed E-state index contributed by atoms with van der Waals surface area (Å²) < 4.78 is 45.5. The average Bonchev–Trinajstić information content (AvgIpc) is 3.37. The van der Waals surface area contributed by atoms with Gasteiger partial charge in [-0.1, -0.05) is 6.07 Å². The number of hydrogen-bond acceptors (Lipinski definition) is 3. The number of ether oxygens (including phenoxy) is 1. The molecule has 0 radical (unpaired) electrons. The van der Waals surface area contributed by atoms with Crippen molar-refractivity contribution in [2.75, 3.05) is 6.61 Å². The van der Waals surface area contributed by atoms with Crippen molar-refractivity contribution in [3.8, 4) is 5.69 Å². The minimum atomic E-state index is -4.44. The highest BCUT2D eigenvalue weighted by atomic mass is 19.4. The maximum atomic E-state index is 13.0. The van der Waals surface area contributed by atoms with Gasteiger partial charge in [0, 0.05) is 22.6 Å². The van der Waals surface area contributed by atoms with Crippen molar-refractivity contribution < 1.29 is 27.5 Å². The smallest absolute Gasteiger partial charge is 0.416 e. The fourth-order valence-corrected chi connectivity index (χ4v) is 2.92. The molecule has 0 spiro atoms. The van der Waals surface area contributed by atoms with Crippen LogP contribution in [0.3, 0.4) is 0 Å². The van der Waals surface area contributed by atoms with E-state index in [1.807, 2.05) is 0 Å². The zero-order chi connectivity index (χ0) is 19.1. The number of carbonyl (C=O) groups excluding carboxylic acids is 2. The first kappa shape index (κ1) is 18.2. The second kappa shape index (κ2) is 6.63. The Kier molecular flexibility index (Phi) is 4.64. The van der Waals surface area contributed by atoms with Gasteiger partial charge in [-0.15, -0.1) is 0 Å². The number of rotatable bonds is 5. The number of aromatic nitrogens is 1. The maximum absolute atomic E-state index is 13.0. The molecule has 0 unspecified atom stereocenters. The highest BCUT2D eigenvalue weighted by molar-refractivity contribution is 5.99. The van der Waals surface area contributed by atoms with Crippen LogP contribution < -0.4 is 0 Å². The molecule has 1 saturated carbocycles. The fraction of sp³-hybridized carbons (Fsp3) is 0.368. The Morgan fingerprint density at radius 1 is 1.19 bits per heavy atom. The summed E-state index contributed by atoms with van der Waals surface area (Å²) in [6.07, 6.45) is -2.87. The molecule has 2 aromatic rings. The standard InChI is InChI=1S/C19H18F3NO3/c1-11-8-16(17(24)10-26-18(25)13-6-7-13)12(2)23(11)15-5-3-4-14(9-15)19(20,21)22/h3-5,8-9,13H,6-7,10H2,1-2H3. The monoisotopic (exact) mass is 365 g/mol. The van der Waals surface area contributed by atoms with Gasteiger partial charge in [-0.25, -0.2) is 0 Å². The van der Waals surface area contributed by atoms with E-state index >= 15 is 0 Å². The zero-order valence-electron chi connectivity index (χ0n) is 14.4. The Bertz CT molecular complexity index is 863. The number of ketones is 1. The van der Waals surface area contributed by atoms with Crippen LogP contribution >= 0.6 is 0 Å². The Balaban J connectivity index is 1.86. The van der Waals surface area contributed by atoms with Crippen molar-refractivity contribution in [2.45, 2.75) is 32.9 Å². The lowest BCUT2D eigenvalue weighted by Crippen LogP contribution is -2.15. The van der Waals surface area contributed by atoms with Crippen molar-refractivity contribution in [3.63, 3.8) is 0 Å². The van der Waals surface area contributed by atoms with Gasteiger partial charge in [0.05, 0.1) is 11.5 Å². The average molecular weight is 365 g/mol. The molecule has 1 heterocycles. The minimum absolute atomic E-state index is 0.0969. The lowest BCUT2D eigenvalue weighted by molar-refractivity contribution is -0.144. The first-order valence-electron chi connectivity index (χ1n) is 8.25. The van der Waals surface area contributed by atoms with E-state index in [9.17, 15) is 22.8 Å². The van der Waals surface area contributed by atoms with Crippen LogP contribution in [0.5, 0.6) is 0 Å². The Labute approximate surface area is 148 Å². The van der Waals surface area contributed by atoms with E-state index in [2.05, 4.69) is 0 Å². The van der Waals surface area contributed by atoms with E-state index in [0.29, 0.717) is 22.6 Å². The van der Waals surface area contributed by atoms with Crippen LogP contribution in [-0.4, -0.2) is 22.9 Å². The third-order valence-electron chi connectivity index (χ3n) is 4.42. The summed E-state index contributed by atoms with van der Waals surface area (Å²) in [5.41, 5.74) is 1.04. The predicted molar refractivity (Wildman–Crippen MR) is 88.3 cm³/mol. The van der Waals surface area contributed by atoms with Gasteiger partial charge in [-0.2, -0.15) is 13.2 Å². The van der Waals surface area contributed by atoms with Crippen LogP contribution in [0, 0.1) is 19.8 Å². The number of benzene rings is 1. The van der Waals surface area contributed by atoms with Crippen LogP contribution in [0.15, 0.2) is 30.3 Å². The number of aryl methyl sites for hydroxylation is 1. The normalized spacial score (nSPS) is 14.3. The van der Waals surface area contributed by atoms with Crippen molar-refractivity contribution >= 4 is 11.8 Å². The predicted octanol–water partition coefficient (Wildman–Crippen LogP) is 4.25. The van der Waals surface area contributed by atoms with Gasteiger partial charge < -0.3 is 9.30 Å². The molecule has 4 nitrogen and oxygen atoms in total. The molecule has 26 heavy (non-hydrogen) atoms. The maximum Gasteiger partial charge on any atom is 0.416 e. The molecule has 0 aliphatic heterocycles. The van der Waals surface area contributed by atoms with Gasteiger partial charge in [-0.05, 0) is 51.0 Å². The van der Waals surface area contributed by atoms with Crippen molar-refractivity contribution in [2.24, 2.45) is 5.92 Å². The lowest BCUT2D eigenvalue weighted by atomic mass is 10.1. The summed E-state index contributed by atoms with van der Waals surface area (Å²) in [5, 5.41) is 0. The van der Waals surface area contributed by atoms with Gasteiger partial charge in [-0.3, -0.25) is 9.59 Å². The Hall–Kier alpha value is -2.57. The van der Waals surface area contributed by atoms with E-state index < -0.39 is 11.7 Å². The quantitative estimate of drug-likeness (QED) is 0.588. The number of alkyl halides is 3. The zero-order valence-corrected chi connectivity index (χ0v) is 14.4. The number of halogens is 3. The highest BCUT2D eigenvalue weighted by Gasteiger charge is 2.32. The molecule has 0 atom stereocenters. The van der Waals surface area contributed by atoms with Crippen LogP contribution in [0.4, 0.5) is 13.2 Å². The fourth-order valence-electron chi connectivity index (χ4n) is 2.92. The molecule has 0 N–H and O–H groups in total. The van der Waals surface area contributed by atoms with E-state index in [-0.39, 0.29) is 24.3 Å². The first-order valence-corrected chi connectivity index (χ1v) is 8.25. The summed E-state index contributed by atoms with van der Waals surface area (Å²) in [7, 11) is 0. The van der Waals surface area contributed by atoms with Gasteiger partial charge in [0.25, 0.3) is 0 Å². The molecule has 3 rings (SSSR count). The number of carbonyl (C=O) groups is 2. The highest BCUT2D eigenvalue weighted by Crippen LogP contribution is 2.32. The number of esters is 1. The topological polar surface area (TPSA) is 48.3 Å². The van der Waals surface area contributed by atoms with Crippen molar-refractivity contribution in [3.05, 3.63) is 52.8 Å². The SMILES string of the molecule is Cc1cc(C(=O)COC(=O)C2CC2)c(C)n1-c1cccc(C(F)(F)F)c1. The van der Waals surface area contributed by atoms with Crippen molar-refractivity contribution in [1.82, 2.24) is 4.57 Å². The van der Waals surface area contributed by atoms with Gasteiger partial charge in [0.1, 0.15) is 0 Å². The number of Topliss-reactive ketones (excluding diaryl/α,β-unsaturated/α-hetero) is 1. The third kappa shape index (κ3) is 3.66. The molecule has 138 valence electrons. The summed E-state index contributed by atoms with van der Waals surface area (Å²) in [6, 6.07) is 6.53. The van der Waals surface area contributed by atoms with E-state index in [1.54, 1.807) is 30.5 Å². The summed E-state index contributed by atoms with van der Waals surface area (Å²) in [5.74, 6) is -0.837. The molecular weight excluding hydrogens is 347 g/mol. The lowest BCUT2D eigenvalue weighted by Gasteiger charge is -2.13. The molecule has 1 aliphatic carbocycles. The molecule has 1 aromatic heterocycles. The molecule has 1 aromatic carbocycles. The number of nitrogens with zero attached hydrogens (tertiary/aromatic N) is 1. The van der Waals surface area contributed by atoms with Gasteiger partial charge >= 0.3 is 12.1 Å². The molecule has 1 fully saturated rings. The number of hydrogen-bond donors (Lipinski definition) is 0. The molecule has 0 amide bonds.